The smallest absolute Gasteiger partial charge is 0.398 e. The number of halogens is 4. The van der Waals surface area contributed by atoms with Crippen molar-refractivity contribution in [3.63, 3.8) is 0 Å². The zero-order chi connectivity index (χ0) is 17.5. The van der Waals surface area contributed by atoms with E-state index in [0.717, 1.165) is 12.3 Å². The Kier molecular flexibility index (Phi) is 3.70. The lowest BCUT2D eigenvalue weighted by atomic mass is 9.95. The first kappa shape index (κ1) is 16.2. The molecule has 0 bridgehead atoms. The van der Waals surface area contributed by atoms with Crippen LogP contribution in [0.3, 0.4) is 0 Å². The summed E-state index contributed by atoms with van der Waals surface area (Å²) in [6, 6.07) is 5.93. The van der Waals surface area contributed by atoms with E-state index in [1.807, 2.05) is 0 Å². The van der Waals surface area contributed by atoms with Crippen molar-refractivity contribution >= 4 is 5.97 Å². The van der Waals surface area contributed by atoms with E-state index in [9.17, 15) is 22.4 Å². The van der Waals surface area contributed by atoms with Crippen molar-refractivity contribution in [2.75, 3.05) is 0 Å². The van der Waals surface area contributed by atoms with E-state index in [1.54, 1.807) is 0 Å². The number of nitrogens with zero attached hydrogens (tertiary/aromatic N) is 1. The van der Waals surface area contributed by atoms with Crippen molar-refractivity contribution in [2.45, 2.75) is 24.4 Å². The van der Waals surface area contributed by atoms with Gasteiger partial charge in [0.1, 0.15) is 5.75 Å². The maximum absolute atomic E-state index is 13.7. The highest BCUT2D eigenvalue weighted by Crippen LogP contribution is 2.58. The summed E-state index contributed by atoms with van der Waals surface area (Å²) in [6.45, 7) is 0. The maximum atomic E-state index is 13.7. The molecule has 1 aliphatic rings. The van der Waals surface area contributed by atoms with Crippen LogP contribution in [-0.2, 0) is 5.41 Å². The summed E-state index contributed by atoms with van der Waals surface area (Å²) < 4.78 is 58.0. The molecule has 1 saturated carbocycles. The van der Waals surface area contributed by atoms with Crippen molar-refractivity contribution in [1.82, 2.24) is 4.98 Å². The quantitative estimate of drug-likeness (QED) is 0.842. The number of hydrogen-bond donors (Lipinski definition) is 1. The van der Waals surface area contributed by atoms with E-state index in [0.29, 0.717) is 0 Å². The highest BCUT2D eigenvalue weighted by molar-refractivity contribution is 5.87. The molecule has 1 aromatic heterocycles. The molecule has 2 aromatic rings. The third kappa shape index (κ3) is 2.79. The SMILES string of the molecule is O=C(O)c1cnc(Oc2ccc(C3(C(F)(F)F)CC3)cc2)c(F)c1. The van der Waals surface area contributed by atoms with Gasteiger partial charge >= 0.3 is 12.1 Å². The van der Waals surface area contributed by atoms with Crippen molar-refractivity contribution in [3.05, 3.63) is 53.5 Å². The van der Waals surface area contributed by atoms with Gasteiger partial charge in [0, 0.05) is 6.20 Å². The Morgan fingerprint density at radius 1 is 1.21 bits per heavy atom. The first-order valence-electron chi connectivity index (χ1n) is 6.97. The van der Waals surface area contributed by atoms with Gasteiger partial charge in [-0.05, 0) is 36.6 Å². The second-order valence-corrected chi connectivity index (χ2v) is 5.52. The minimum atomic E-state index is -4.31. The monoisotopic (exact) mass is 341 g/mol. The number of alkyl halides is 3. The van der Waals surface area contributed by atoms with Gasteiger partial charge in [-0.25, -0.2) is 14.2 Å². The molecule has 0 amide bonds. The topological polar surface area (TPSA) is 59.4 Å². The molecule has 8 heteroatoms. The molecule has 4 nitrogen and oxygen atoms in total. The number of carbonyl (C=O) groups is 1. The summed E-state index contributed by atoms with van der Waals surface area (Å²) in [7, 11) is 0. The van der Waals surface area contributed by atoms with Crippen molar-refractivity contribution in [1.29, 1.82) is 0 Å². The van der Waals surface area contributed by atoms with Crippen LogP contribution in [-0.4, -0.2) is 22.2 Å². The molecule has 1 N–H and O–H groups in total. The van der Waals surface area contributed by atoms with Crippen LogP contribution in [0, 0.1) is 5.82 Å². The summed E-state index contributed by atoms with van der Waals surface area (Å²) in [5.74, 6) is -2.66. The largest absolute Gasteiger partial charge is 0.478 e. The molecule has 126 valence electrons. The van der Waals surface area contributed by atoms with E-state index >= 15 is 0 Å². The Morgan fingerprint density at radius 2 is 1.83 bits per heavy atom. The van der Waals surface area contributed by atoms with Crippen LogP contribution in [0.25, 0.3) is 0 Å². The van der Waals surface area contributed by atoms with Gasteiger partial charge in [0.05, 0.1) is 11.0 Å². The molecule has 0 radical (unpaired) electrons. The van der Waals surface area contributed by atoms with Crippen molar-refractivity contribution in [3.8, 4) is 11.6 Å². The first-order chi connectivity index (χ1) is 11.2. The molecule has 1 aliphatic carbocycles. The summed E-state index contributed by atoms with van der Waals surface area (Å²) >= 11 is 0. The number of aromatic carboxylic acids is 1. The molecule has 0 atom stereocenters. The van der Waals surface area contributed by atoms with Gasteiger partial charge in [-0.15, -0.1) is 0 Å². The highest BCUT2D eigenvalue weighted by Gasteiger charge is 2.64. The molecule has 24 heavy (non-hydrogen) atoms. The van der Waals surface area contributed by atoms with Crippen LogP contribution in [0.2, 0.25) is 0 Å². The van der Waals surface area contributed by atoms with Crippen LogP contribution in [0.4, 0.5) is 17.6 Å². The number of rotatable bonds is 4. The van der Waals surface area contributed by atoms with Gasteiger partial charge in [0.2, 0.25) is 0 Å². The number of aromatic nitrogens is 1. The predicted octanol–water partition coefficient (Wildman–Crippen LogP) is 4.31. The lowest BCUT2D eigenvalue weighted by Crippen LogP contribution is -2.28. The zero-order valence-corrected chi connectivity index (χ0v) is 12.1. The van der Waals surface area contributed by atoms with E-state index in [1.165, 1.54) is 24.3 Å². The Morgan fingerprint density at radius 3 is 2.29 bits per heavy atom. The standard InChI is InChI=1S/C16H11F4NO3/c17-12-7-9(14(22)23)8-21-13(12)24-11-3-1-10(2-4-11)15(5-6-15)16(18,19)20/h1-4,7-8H,5-6H2,(H,22,23). The lowest BCUT2D eigenvalue weighted by molar-refractivity contribution is -0.160. The Balaban J connectivity index is 1.79. The molecule has 0 spiro atoms. The number of carboxylic acids is 1. The second-order valence-electron chi connectivity index (χ2n) is 5.52. The molecular formula is C16H11F4NO3. The third-order valence-electron chi connectivity index (χ3n) is 3.97. The minimum absolute atomic E-state index is 0.0452. The Bertz CT molecular complexity index is 783. The van der Waals surface area contributed by atoms with Gasteiger partial charge < -0.3 is 9.84 Å². The normalized spacial score (nSPS) is 15.8. The Labute approximate surface area is 133 Å². The highest BCUT2D eigenvalue weighted by atomic mass is 19.4. The fraction of sp³-hybridized carbons (Fsp3) is 0.250. The number of pyridine rings is 1. The molecule has 1 aromatic carbocycles. The summed E-state index contributed by atoms with van der Waals surface area (Å²) in [5.41, 5.74) is -1.99. The summed E-state index contributed by atoms with van der Waals surface area (Å²) in [5, 5.41) is 8.73. The van der Waals surface area contributed by atoms with Crippen molar-refractivity contribution in [2.24, 2.45) is 0 Å². The lowest BCUT2D eigenvalue weighted by Gasteiger charge is -2.19. The fourth-order valence-electron chi connectivity index (χ4n) is 2.43. The molecule has 0 unspecified atom stereocenters. The van der Waals surface area contributed by atoms with Crippen molar-refractivity contribution < 1.29 is 32.2 Å². The van der Waals surface area contributed by atoms with Crippen LogP contribution < -0.4 is 4.74 Å². The first-order valence-corrected chi connectivity index (χ1v) is 6.97. The van der Waals surface area contributed by atoms with Crippen LogP contribution in [0.5, 0.6) is 11.6 Å². The fourth-order valence-corrected chi connectivity index (χ4v) is 2.43. The average Bonchev–Trinajstić information content (AvgIpc) is 3.31. The average molecular weight is 341 g/mol. The van der Waals surface area contributed by atoms with Gasteiger partial charge in [-0.2, -0.15) is 13.2 Å². The maximum Gasteiger partial charge on any atom is 0.398 e. The van der Waals surface area contributed by atoms with E-state index < -0.39 is 29.3 Å². The molecule has 1 fully saturated rings. The minimum Gasteiger partial charge on any atom is -0.478 e. The second kappa shape index (κ2) is 5.47. The van der Waals surface area contributed by atoms with Gasteiger partial charge in [0.25, 0.3) is 5.88 Å². The zero-order valence-electron chi connectivity index (χ0n) is 12.1. The summed E-state index contributed by atoms with van der Waals surface area (Å²) in [4.78, 5) is 14.3. The van der Waals surface area contributed by atoms with E-state index in [-0.39, 0.29) is 29.7 Å². The van der Waals surface area contributed by atoms with Gasteiger partial charge in [-0.1, -0.05) is 12.1 Å². The number of benzene rings is 1. The molecule has 0 aliphatic heterocycles. The van der Waals surface area contributed by atoms with Crippen LogP contribution in [0.1, 0.15) is 28.8 Å². The van der Waals surface area contributed by atoms with Gasteiger partial charge in [-0.3, -0.25) is 0 Å². The predicted molar refractivity (Wildman–Crippen MR) is 74.6 cm³/mol. The number of hydrogen-bond acceptors (Lipinski definition) is 3. The van der Waals surface area contributed by atoms with Crippen LogP contribution >= 0.6 is 0 Å². The molecule has 3 rings (SSSR count). The van der Waals surface area contributed by atoms with E-state index in [2.05, 4.69) is 4.98 Å². The van der Waals surface area contributed by atoms with E-state index in [4.69, 9.17) is 9.84 Å². The number of carboxylic acid groups (broad SMARTS) is 1. The molecule has 1 heterocycles. The molecular weight excluding hydrogens is 330 g/mol. The third-order valence-corrected chi connectivity index (χ3v) is 3.97. The molecule has 0 saturated heterocycles. The van der Waals surface area contributed by atoms with Gasteiger partial charge in [0.15, 0.2) is 5.82 Å². The van der Waals surface area contributed by atoms with Crippen LogP contribution in [0.15, 0.2) is 36.5 Å². The Hall–Kier alpha value is -2.64. The summed E-state index contributed by atoms with van der Waals surface area (Å²) in [6.07, 6.45) is -3.29. The number of ether oxygens (including phenoxy) is 1.